The predicted octanol–water partition coefficient (Wildman–Crippen LogP) is 4.78. The van der Waals surface area contributed by atoms with E-state index >= 15 is 0 Å². The van der Waals surface area contributed by atoms with E-state index < -0.39 is 0 Å². The van der Waals surface area contributed by atoms with E-state index in [1.165, 1.54) is 18.5 Å². The molecule has 2 aromatic rings. The van der Waals surface area contributed by atoms with Gasteiger partial charge in [-0.2, -0.15) is 0 Å². The maximum atomic E-state index is 12.5. The van der Waals surface area contributed by atoms with Crippen LogP contribution in [0.15, 0.2) is 42.7 Å². The summed E-state index contributed by atoms with van der Waals surface area (Å²) in [6, 6.07) is 9.98. The van der Waals surface area contributed by atoms with Crippen molar-refractivity contribution in [3.05, 3.63) is 48.3 Å². The van der Waals surface area contributed by atoms with E-state index in [1.807, 2.05) is 18.2 Å². The number of hydrogen-bond donors (Lipinski definition) is 2. The number of rotatable bonds is 7. The van der Waals surface area contributed by atoms with Crippen molar-refractivity contribution >= 4 is 23.0 Å². The normalized spacial score (nSPS) is 14.8. The third-order valence-corrected chi connectivity index (χ3v) is 5.13. The van der Waals surface area contributed by atoms with Gasteiger partial charge in [-0.05, 0) is 55.5 Å². The van der Waals surface area contributed by atoms with Gasteiger partial charge in [0.2, 0.25) is 0 Å². The van der Waals surface area contributed by atoms with E-state index in [1.54, 1.807) is 12.4 Å². The van der Waals surface area contributed by atoms with Crippen molar-refractivity contribution in [2.45, 2.75) is 39.5 Å². The van der Waals surface area contributed by atoms with Crippen molar-refractivity contribution < 1.29 is 4.79 Å². The Bertz CT molecular complexity index is 736. The molecule has 0 atom stereocenters. The van der Waals surface area contributed by atoms with E-state index in [-0.39, 0.29) is 5.91 Å². The lowest BCUT2D eigenvalue weighted by atomic mass is 9.99. The minimum atomic E-state index is -0.138. The summed E-state index contributed by atoms with van der Waals surface area (Å²) < 4.78 is 0. The monoisotopic (exact) mass is 366 g/mol. The Kier molecular flexibility index (Phi) is 6.69. The summed E-state index contributed by atoms with van der Waals surface area (Å²) in [5, 5.41) is 6.27. The van der Waals surface area contributed by atoms with Gasteiger partial charge in [0.1, 0.15) is 0 Å². The first-order valence-electron chi connectivity index (χ1n) is 10.0. The van der Waals surface area contributed by atoms with Gasteiger partial charge in [-0.15, -0.1) is 0 Å². The van der Waals surface area contributed by atoms with Gasteiger partial charge in [0.15, 0.2) is 0 Å². The molecule has 5 heteroatoms. The molecule has 0 saturated carbocycles. The highest BCUT2D eigenvalue weighted by Crippen LogP contribution is 2.24. The first-order chi connectivity index (χ1) is 13.2. The van der Waals surface area contributed by atoms with E-state index in [0.29, 0.717) is 5.56 Å². The van der Waals surface area contributed by atoms with Crippen LogP contribution in [-0.2, 0) is 0 Å². The third-order valence-electron chi connectivity index (χ3n) is 5.13. The SMILES string of the molecule is CCCCNc1cncc(C(=O)Nc2ccc(N3CCC(C)CC3)cc2)c1. The molecule has 1 aromatic heterocycles. The maximum absolute atomic E-state index is 12.5. The average Bonchev–Trinajstić information content (AvgIpc) is 2.70. The minimum Gasteiger partial charge on any atom is -0.384 e. The highest BCUT2D eigenvalue weighted by Gasteiger charge is 2.16. The second kappa shape index (κ2) is 9.40. The molecule has 1 aromatic carbocycles. The van der Waals surface area contributed by atoms with E-state index in [0.717, 1.165) is 49.8 Å². The predicted molar refractivity (Wildman–Crippen MR) is 113 cm³/mol. The van der Waals surface area contributed by atoms with Gasteiger partial charge in [0.25, 0.3) is 5.91 Å². The van der Waals surface area contributed by atoms with E-state index in [9.17, 15) is 4.79 Å². The number of carbonyl (C=O) groups is 1. The smallest absolute Gasteiger partial charge is 0.257 e. The maximum Gasteiger partial charge on any atom is 0.257 e. The Balaban J connectivity index is 1.58. The number of hydrogen-bond acceptors (Lipinski definition) is 4. The van der Waals surface area contributed by atoms with E-state index in [2.05, 4.69) is 46.5 Å². The fraction of sp³-hybridized carbons (Fsp3) is 0.455. The highest BCUT2D eigenvalue weighted by molar-refractivity contribution is 6.04. The molecule has 0 aliphatic carbocycles. The molecule has 2 heterocycles. The van der Waals surface area contributed by atoms with Gasteiger partial charge in [-0.1, -0.05) is 20.3 Å². The van der Waals surface area contributed by atoms with Crippen molar-refractivity contribution in [1.29, 1.82) is 0 Å². The fourth-order valence-electron chi connectivity index (χ4n) is 3.30. The Morgan fingerprint density at radius 2 is 1.89 bits per heavy atom. The molecule has 0 spiro atoms. The molecule has 1 aliphatic rings. The molecular formula is C22H30N4O. The summed E-state index contributed by atoms with van der Waals surface area (Å²) in [7, 11) is 0. The number of anilines is 3. The number of unbranched alkanes of at least 4 members (excludes halogenated alkanes) is 1. The Morgan fingerprint density at radius 3 is 2.59 bits per heavy atom. The molecule has 1 aliphatic heterocycles. The molecule has 0 radical (unpaired) electrons. The van der Waals surface area contributed by atoms with Crippen LogP contribution in [0.4, 0.5) is 17.1 Å². The number of nitrogens with zero attached hydrogens (tertiary/aromatic N) is 2. The van der Waals surface area contributed by atoms with Crippen LogP contribution in [0.25, 0.3) is 0 Å². The summed E-state index contributed by atoms with van der Waals surface area (Å²) in [6.07, 6.45) is 8.07. The standard InChI is InChI=1S/C22H30N4O/c1-3-4-11-24-20-14-18(15-23-16-20)22(27)25-19-5-7-21(8-6-19)26-12-9-17(2)10-13-26/h5-8,14-17,24H,3-4,9-13H2,1-2H3,(H,25,27). The lowest BCUT2D eigenvalue weighted by Crippen LogP contribution is -2.32. The van der Waals surface area contributed by atoms with Crippen LogP contribution in [0.1, 0.15) is 49.9 Å². The van der Waals surface area contributed by atoms with Gasteiger partial charge >= 0.3 is 0 Å². The third kappa shape index (κ3) is 5.46. The number of carbonyl (C=O) groups excluding carboxylic acids is 1. The van der Waals surface area contributed by atoms with Gasteiger partial charge in [-0.25, -0.2) is 0 Å². The van der Waals surface area contributed by atoms with Crippen LogP contribution in [0.3, 0.4) is 0 Å². The fourth-order valence-corrected chi connectivity index (χ4v) is 3.30. The zero-order chi connectivity index (χ0) is 19.1. The first-order valence-corrected chi connectivity index (χ1v) is 10.0. The van der Waals surface area contributed by atoms with Crippen LogP contribution >= 0.6 is 0 Å². The van der Waals surface area contributed by atoms with Crippen LogP contribution < -0.4 is 15.5 Å². The molecule has 5 nitrogen and oxygen atoms in total. The minimum absolute atomic E-state index is 0.138. The van der Waals surface area contributed by atoms with Gasteiger partial charge in [0, 0.05) is 43.4 Å². The molecule has 0 bridgehead atoms. The second-order valence-corrected chi connectivity index (χ2v) is 7.41. The summed E-state index contributed by atoms with van der Waals surface area (Å²) in [6.45, 7) is 7.58. The first kappa shape index (κ1) is 19.2. The average molecular weight is 367 g/mol. The second-order valence-electron chi connectivity index (χ2n) is 7.41. The van der Waals surface area contributed by atoms with Crippen LogP contribution in [0, 0.1) is 5.92 Å². The molecule has 3 rings (SSSR count). The Hall–Kier alpha value is -2.56. The number of pyridine rings is 1. The van der Waals surface area contributed by atoms with Gasteiger partial charge in [-0.3, -0.25) is 9.78 Å². The van der Waals surface area contributed by atoms with Crippen molar-refractivity contribution in [2.24, 2.45) is 5.92 Å². The lowest BCUT2D eigenvalue weighted by Gasteiger charge is -2.32. The van der Waals surface area contributed by atoms with Crippen molar-refractivity contribution in [3.63, 3.8) is 0 Å². The van der Waals surface area contributed by atoms with E-state index in [4.69, 9.17) is 0 Å². The zero-order valence-corrected chi connectivity index (χ0v) is 16.4. The summed E-state index contributed by atoms with van der Waals surface area (Å²) >= 11 is 0. The highest BCUT2D eigenvalue weighted by atomic mass is 16.1. The molecular weight excluding hydrogens is 336 g/mol. The van der Waals surface area contributed by atoms with Crippen molar-refractivity contribution in [1.82, 2.24) is 4.98 Å². The Morgan fingerprint density at radius 1 is 1.15 bits per heavy atom. The van der Waals surface area contributed by atoms with Gasteiger partial charge in [0.05, 0.1) is 11.3 Å². The molecule has 2 N–H and O–H groups in total. The topological polar surface area (TPSA) is 57.3 Å². The van der Waals surface area contributed by atoms with Crippen LogP contribution in [-0.4, -0.2) is 30.5 Å². The number of aromatic nitrogens is 1. The number of benzene rings is 1. The molecule has 144 valence electrons. The number of amides is 1. The molecule has 0 unspecified atom stereocenters. The molecule has 27 heavy (non-hydrogen) atoms. The molecule has 1 fully saturated rings. The largest absolute Gasteiger partial charge is 0.384 e. The zero-order valence-electron chi connectivity index (χ0n) is 16.4. The summed E-state index contributed by atoms with van der Waals surface area (Å²) in [5.74, 6) is 0.682. The Labute approximate surface area is 162 Å². The van der Waals surface area contributed by atoms with Crippen LogP contribution in [0.5, 0.6) is 0 Å². The van der Waals surface area contributed by atoms with Crippen molar-refractivity contribution in [2.75, 3.05) is 35.2 Å². The van der Waals surface area contributed by atoms with Crippen LogP contribution in [0.2, 0.25) is 0 Å². The van der Waals surface area contributed by atoms with Crippen molar-refractivity contribution in [3.8, 4) is 0 Å². The quantitative estimate of drug-likeness (QED) is 0.692. The molecule has 1 saturated heterocycles. The number of piperidine rings is 1. The van der Waals surface area contributed by atoms with Gasteiger partial charge < -0.3 is 15.5 Å². The summed E-state index contributed by atoms with van der Waals surface area (Å²) in [4.78, 5) is 19.1. The molecule has 1 amide bonds. The summed E-state index contributed by atoms with van der Waals surface area (Å²) in [5.41, 5.74) is 3.47. The number of nitrogens with one attached hydrogen (secondary N) is 2. The lowest BCUT2D eigenvalue weighted by molar-refractivity contribution is 0.102.